The number of rotatable bonds is 5. The van der Waals surface area contributed by atoms with E-state index in [-0.39, 0.29) is 24.0 Å². The molecular formula is C15H13ClN2O3. The molecule has 1 heterocycles. The Bertz CT molecular complexity index is 646. The number of carboxylic acids is 1. The zero-order valence-corrected chi connectivity index (χ0v) is 11.8. The fraction of sp³-hybridized carbons (Fsp3) is 0.133. The smallest absolute Gasteiger partial charge is 0.305 e. The minimum atomic E-state index is -0.962. The lowest BCUT2D eigenvalue weighted by Gasteiger charge is -2.22. The van der Waals surface area contributed by atoms with Crippen LogP contribution in [-0.4, -0.2) is 28.5 Å². The number of aromatic nitrogens is 1. The van der Waals surface area contributed by atoms with Gasteiger partial charge in [0, 0.05) is 24.0 Å². The van der Waals surface area contributed by atoms with E-state index in [1.165, 1.54) is 17.2 Å². The van der Waals surface area contributed by atoms with Crippen LogP contribution >= 0.6 is 11.6 Å². The maximum atomic E-state index is 12.6. The highest BCUT2D eigenvalue weighted by molar-refractivity contribution is 6.29. The molecule has 0 saturated heterocycles. The third-order valence-corrected chi connectivity index (χ3v) is 3.04. The predicted octanol–water partition coefficient (Wildman–Crippen LogP) is 2.86. The molecule has 0 fully saturated rings. The van der Waals surface area contributed by atoms with Gasteiger partial charge in [-0.2, -0.15) is 0 Å². The monoisotopic (exact) mass is 304 g/mol. The van der Waals surface area contributed by atoms with E-state index in [9.17, 15) is 9.59 Å². The first kappa shape index (κ1) is 15.0. The fourth-order valence-electron chi connectivity index (χ4n) is 1.85. The summed E-state index contributed by atoms with van der Waals surface area (Å²) in [4.78, 5) is 28.6. The Hall–Kier alpha value is -2.40. The minimum Gasteiger partial charge on any atom is -0.481 e. The van der Waals surface area contributed by atoms with Gasteiger partial charge in [0.1, 0.15) is 5.15 Å². The molecule has 0 unspecified atom stereocenters. The Morgan fingerprint density at radius 1 is 1.19 bits per heavy atom. The van der Waals surface area contributed by atoms with Gasteiger partial charge in [-0.05, 0) is 24.3 Å². The zero-order chi connectivity index (χ0) is 15.2. The highest BCUT2D eigenvalue weighted by Gasteiger charge is 2.18. The molecule has 0 bridgehead atoms. The second-order valence-corrected chi connectivity index (χ2v) is 4.69. The van der Waals surface area contributed by atoms with E-state index in [4.69, 9.17) is 16.7 Å². The second-order valence-electron chi connectivity index (χ2n) is 4.30. The van der Waals surface area contributed by atoms with Gasteiger partial charge in [0.15, 0.2) is 0 Å². The van der Waals surface area contributed by atoms with Gasteiger partial charge >= 0.3 is 5.97 Å². The Kier molecular flexibility index (Phi) is 4.90. The van der Waals surface area contributed by atoms with Crippen LogP contribution in [0.4, 0.5) is 5.69 Å². The molecule has 0 aliphatic heterocycles. The lowest BCUT2D eigenvalue weighted by Crippen LogP contribution is -2.33. The molecule has 1 aromatic carbocycles. The number of para-hydroxylation sites is 1. The van der Waals surface area contributed by atoms with E-state index >= 15 is 0 Å². The molecule has 2 aromatic rings. The molecule has 1 aromatic heterocycles. The van der Waals surface area contributed by atoms with Crippen molar-refractivity contribution in [2.24, 2.45) is 0 Å². The van der Waals surface area contributed by atoms with E-state index in [1.807, 2.05) is 6.07 Å². The Labute approximate surface area is 126 Å². The van der Waals surface area contributed by atoms with Gasteiger partial charge in [0.2, 0.25) is 0 Å². The van der Waals surface area contributed by atoms with Crippen LogP contribution in [0.15, 0.2) is 48.7 Å². The van der Waals surface area contributed by atoms with Crippen molar-refractivity contribution in [3.8, 4) is 0 Å². The first-order valence-corrected chi connectivity index (χ1v) is 6.66. The molecule has 21 heavy (non-hydrogen) atoms. The number of carbonyl (C=O) groups is 2. The summed E-state index contributed by atoms with van der Waals surface area (Å²) in [7, 11) is 0. The Morgan fingerprint density at radius 3 is 2.52 bits per heavy atom. The van der Waals surface area contributed by atoms with Gasteiger partial charge in [-0.1, -0.05) is 29.8 Å². The number of hydrogen-bond acceptors (Lipinski definition) is 3. The topological polar surface area (TPSA) is 70.5 Å². The van der Waals surface area contributed by atoms with Crippen LogP contribution < -0.4 is 4.90 Å². The van der Waals surface area contributed by atoms with Crippen LogP contribution in [0.5, 0.6) is 0 Å². The first-order valence-electron chi connectivity index (χ1n) is 6.28. The molecule has 0 aliphatic carbocycles. The molecule has 108 valence electrons. The predicted molar refractivity (Wildman–Crippen MR) is 79.6 cm³/mol. The number of amides is 1. The van der Waals surface area contributed by atoms with Crippen LogP contribution in [0.2, 0.25) is 5.15 Å². The largest absolute Gasteiger partial charge is 0.481 e. The van der Waals surface area contributed by atoms with Crippen LogP contribution in [0.3, 0.4) is 0 Å². The minimum absolute atomic E-state index is 0.0815. The van der Waals surface area contributed by atoms with Gasteiger partial charge in [0.05, 0.1) is 6.42 Å². The van der Waals surface area contributed by atoms with Crippen molar-refractivity contribution in [2.45, 2.75) is 6.42 Å². The molecule has 0 aliphatic rings. The van der Waals surface area contributed by atoms with Crippen molar-refractivity contribution in [3.63, 3.8) is 0 Å². The molecule has 6 heteroatoms. The average Bonchev–Trinajstić information content (AvgIpc) is 2.48. The van der Waals surface area contributed by atoms with Crippen molar-refractivity contribution in [1.82, 2.24) is 4.98 Å². The number of pyridine rings is 1. The van der Waals surface area contributed by atoms with Crippen LogP contribution in [-0.2, 0) is 4.79 Å². The van der Waals surface area contributed by atoms with Crippen molar-refractivity contribution in [1.29, 1.82) is 0 Å². The molecule has 1 N–H and O–H groups in total. The van der Waals surface area contributed by atoms with E-state index < -0.39 is 5.97 Å². The van der Waals surface area contributed by atoms with Crippen LogP contribution in [0, 0.1) is 0 Å². The number of nitrogens with zero attached hydrogens (tertiary/aromatic N) is 2. The number of halogens is 1. The molecule has 0 radical (unpaired) electrons. The average molecular weight is 305 g/mol. The summed E-state index contributed by atoms with van der Waals surface area (Å²) in [5.74, 6) is -1.27. The van der Waals surface area contributed by atoms with Gasteiger partial charge < -0.3 is 10.0 Å². The van der Waals surface area contributed by atoms with Gasteiger partial charge in [-0.15, -0.1) is 0 Å². The quantitative estimate of drug-likeness (QED) is 0.862. The van der Waals surface area contributed by atoms with Crippen molar-refractivity contribution in [3.05, 3.63) is 59.4 Å². The van der Waals surface area contributed by atoms with Gasteiger partial charge in [-0.3, -0.25) is 9.59 Å². The lowest BCUT2D eigenvalue weighted by atomic mass is 10.2. The second kappa shape index (κ2) is 6.85. The zero-order valence-electron chi connectivity index (χ0n) is 11.1. The van der Waals surface area contributed by atoms with Crippen molar-refractivity contribution in [2.75, 3.05) is 11.4 Å². The SMILES string of the molecule is O=C(O)CCN(C(=O)c1ccnc(Cl)c1)c1ccccc1. The molecular weight excluding hydrogens is 292 g/mol. The summed E-state index contributed by atoms with van der Waals surface area (Å²) < 4.78 is 0. The van der Waals surface area contributed by atoms with E-state index in [0.29, 0.717) is 11.3 Å². The number of aliphatic carboxylic acids is 1. The number of carboxylic acid groups (broad SMARTS) is 1. The van der Waals surface area contributed by atoms with Crippen LogP contribution in [0.25, 0.3) is 0 Å². The number of anilines is 1. The van der Waals surface area contributed by atoms with Gasteiger partial charge in [0.25, 0.3) is 5.91 Å². The molecule has 2 rings (SSSR count). The lowest BCUT2D eigenvalue weighted by molar-refractivity contribution is -0.136. The van der Waals surface area contributed by atoms with Crippen molar-refractivity contribution < 1.29 is 14.7 Å². The fourth-order valence-corrected chi connectivity index (χ4v) is 2.03. The summed E-state index contributed by atoms with van der Waals surface area (Å²) in [6.45, 7) is 0.0815. The third kappa shape index (κ3) is 4.03. The maximum Gasteiger partial charge on any atom is 0.305 e. The van der Waals surface area contributed by atoms with E-state index in [1.54, 1.807) is 30.3 Å². The molecule has 1 amide bonds. The van der Waals surface area contributed by atoms with E-state index in [2.05, 4.69) is 4.98 Å². The van der Waals surface area contributed by atoms with Crippen molar-refractivity contribution >= 4 is 29.2 Å². The van der Waals surface area contributed by atoms with Crippen LogP contribution in [0.1, 0.15) is 16.8 Å². The molecule has 0 atom stereocenters. The normalized spacial score (nSPS) is 10.1. The number of hydrogen-bond donors (Lipinski definition) is 1. The standard InChI is InChI=1S/C15H13ClN2O3/c16-13-10-11(6-8-17-13)15(21)18(9-7-14(19)20)12-4-2-1-3-5-12/h1-6,8,10H,7,9H2,(H,19,20). The highest BCUT2D eigenvalue weighted by atomic mass is 35.5. The summed E-state index contributed by atoms with van der Waals surface area (Å²) in [5.41, 5.74) is 1.00. The molecule has 5 nitrogen and oxygen atoms in total. The number of carbonyl (C=O) groups excluding carboxylic acids is 1. The third-order valence-electron chi connectivity index (χ3n) is 2.84. The Morgan fingerprint density at radius 2 is 1.90 bits per heavy atom. The van der Waals surface area contributed by atoms with Gasteiger partial charge in [-0.25, -0.2) is 4.98 Å². The summed E-state index contributed by atoms with van der Waals surface area (Å²) in [6, 6.07) is 11.9. The van der Waals surface area contributed by atoms with E-state index in [0.717, 1.165) is 0 Å². The summed E-state index contributed by atoms with van der Waals surface area (Å²) in [6.07, 6.45) is 1.30. The maximum absolute atomic E-state index is 12.6. The molecule has 0 spiro atoms. The molecule has 0 saturated carbocycles. The summed E-state index contributed by atoms with van der Waals surface area (Å²) in [5, 5.41) is 9.05. The first-order chi connectivity index (χ1) is 10.1. The number of benzene rings is 1. The Balaban J connectivity index is 2.30. The summed E-state index contributed by atoms with van der Waals surface area (Å²) >= 11 is 5.79. The highest BCUT2D eigenvalue weighted by Crippen LogP contribution is 2.18.